The zero-order valence-electron chi connectivity index (χ0n) is 19.3. The van der Waals surface area contributed by atoms with Gasteiger partial charge in [0.25, 0.3) is 11.5 Å². The minimum atomic E-state index is -0.199. The number of nitrogens with zero attached hydrogens (tertiary/aromatic N) is 4. The Morgan fingerprint density at radius 3 is 2.81 bits per heavy atom. The molecule has 0 bridgehead atoms. The molecule has 1 N–H and O–H groups in total. The van der Waals surface area contributed by atoms with Crippen LogP contribution in [0.4, 0.5) is 0 Å². The summed E-state index contributed by atoms with van der Waals surface area (Å²) in [7, 11) is 1.94. The van der Waals surface area contributed by atoms with Gasteiger partial charge < -0.3 is 14.5 Å². The topological polar surface area (TPSA) is 74.2 Å². The Balaban J connectivity index is 1.49. The molecule has 1 saturated heterocycles. The van der Waals surface area contributed by atoms with Crippen molar-refractivity contribution < 1.29 is 4.79 Å². The molecule has 0 radical (unpaired) electrons. The van der Waals surface area contributed by atoms with Crippen LogP contribution < -0.4 is 5.56 Å². The number of hydrogen-bond donors (Lipinski definition) is 1. The van der Waals surface area contributed by atoms with Crippen molar-refractivity contribution >= 4 is 16.8 Å². The van der Waals surface area contributed by atoms with E-state index in [2.05, 4.69) is 48.9 Å². The molecular weight excluding hydrogens is 402 g/mol. The number of nitrogens with one attached hydrogen (secondary N) is 1. The van der Waals surface area contributed by atoms with E-state index in [9.17, 15) is 9.59 Å². The van der Waals surface area contributed by atoms with Crippen LogP contribution in [0.15, 0.2) is 29.1 Å². The van der Waals surface area contributed by atoms with Gasteiger partial charge in [0.05, 0.1) is 11.7 Å². The van der Waals surface area contributed by atoms with Crippen LogP contribution in [0, 0.1) is 6.92 Å². The standard InChI is InChI=1S/C25H31N5O2/c1-15(2)29-11-9-18-19(14-29)26-23(27-24(18)31)21-6-5-10-30(21)25(32)22-13-17-12-16(3)7-8-20(17)28(22)4/h7-8,12-13,15,21H,5-6,9-11,14H2,1-4H3,(H,26,27,31)/t21-/m1/s1. The van der Waals surface area contributed by atoms with Crippen molar-refractivity contribution in [3.05, 3.63) is 63.0 Å². The Bertz CT molecular complexity index is 1260. The summed E-state index contributed by atoms with van der Waals surface area (Å²) in [6.07, 6.45) is 2.43. The number of benzene rings is 1. The van der Waals surface area contributed by atoms with Gasteiger partial charge in [-0.1, -0.05) is 11.6 Å². The quantitative estimate of drug-likeness (QED) is 0.688. The molecule has 0 aliphatic carbocycles. The normalized spacial score (nSPS) is 19.2. The fourth-order valence-corrected chi connectivity index (χ4v) is 5.19. The van der Waals surface area contributed by atoms with Crippen LogP contribution >= 0.6 is 0 Å². The summed E-state index contributed by atoms with van der Waals surface area (Å²) in [5.41, 5.74) is 4.50. The van der Waals surface area contributed by atoms with E-state index in [1.807, 2.05) is 22.6 Å². The molecule has 1 aromatic carbocycles. The molecule has 5 rings (SSSR count). The Morgan fingerprint density at radius 2 is 2.03 bits per heavy atom. The van der Waals surface area contributed by atoms with Gasteiger partial charge in [0, 0.05) is 49.2 Å². The molecule has 2 aliphatic heterocycles. The van der Waals surface area contributed by atoms with Crippen molar-refractivity contribution in [3.8, 4) is 0 Å². The number of carbonyl (C=O) groups is 1. The first-order valence-corrected chi connectivity index (χ1v) is 11.6. The smallest absolute Gasteiger partial charge is 0.271 e. The number of rotatable bonds is 3. The van der Waals surface area contributed by atoms with Crippen molar-refractivity contribution in [1.29, 1.82) is 0 Å². The third kappa shape index (κ3) is 3.45. The van der Waals surface area contributed by atoms with Gasteiger partial charge in [-0.25, -0.2) is 4.98 Å². The molecule has 0 unspecified atom stereocenters. The molecule has 1 fully saturated rings. The number of hydrogen-bond acceptors (Lipinski definition) is 4. The number of likely N-dealkylation sites (tertiary alicyclic amines) is 1. The maximum Gasteiger partial charge on any atom is 0.271 e. The van der Waals surface area contributed by atoms with Crippen molar-refractivity contribution in [2.75, 3.05) is 13.1 Å². The zero-order chi connectivity index (χ0) is 22.6. The maximum atomic E-state index is 13.6. The average molecular weight is 434 g/mol. The maximum absolute atomic E-state index is 13.6. The molecule has 1 amide bonds. The molecule has 7 nitrogen and oxygen atoms in total. The van der Waals surface area contributed by atoms with Crippen LogP contribution in [-0.4, -0.2) is 49.4 Å². The summed E-state index contributed by atoms with van der Waals surface area (Å²) >= 11 is 0. The summed E-state index contributed by atoms with van der Waals surface area (Å²) in [6.45, 7) is 8.63. The number of carbonyl (C=O) groups excluding carboxylic acids is 1. The number of aromatic nitrogens is 3. The van der Waals surface area contributed by atoms with Crippen molar-refractivity contribution in [2.24, 2.45) is 7.05 Å². The number of amides is 1. The van der Waals surface area contributed by atoms with E-state index in [-0.39, 0.29) is 17.5 Å². The van der Waals surface area contributed by atoms with Gasteiger partial charge >= 0.3 is 0 Å². The second kappa shape index (κ2) is 7.89. The van der Waals surface area contributed by atoms with E-state index in [1.165, 1.54) is 5.56 Å². The Kier molecular flexibility index (Phi) is 5.16. The van der Waals surface area contributed by atoms with Crippen molar-refractivity contribution in [3.63, 3.8) is 0 Å². The fraction of sp³-hybridized carbons (Fsp3) is 0.480. The van der Waals surface area contributed by atoms with Crippen LogP contribution in [-0.2, 0) is 20.0 Å². The fourth-order valence-electron chi connectivity index (χ4n) is 5.19. The SMILES string of the molecule is Cc1ccc2c(c1)cc(C(=O)N1CCC[C@@H]1c1nc3c(c(=O)[nH]1)CCN(C(C)C)C3)n2C. The van der Waals surface area contributed by atoms with Crippen LogP contribution in [0.25, 0.3) is 10.9 Å². The largest absolute Gasteiger partial charge is 0.340 e. The lowest BCUT2D eigenvalue weighted by molar-refractivity contribution is 0.0720. The van der Waals surface area contributed by atoms with Gasteiger partial charge in [-0.2, -0.15) is 0 Å². The molecular formula is C25H31N5O2. The van der Waals surface area contributed by atoms with Crippen LogP contribution in [0.3, 0.4) is 0 Å². The minimum Gasteiger partial charge on any atom is -0.340 e. The molecule has 1 atom stereocenters. The first-order chi connectivity index (χ1) is 15.3. The predicted octanol–water partition coefficient (Wildman–Crippen LogP) is 3.31. The highest BCUT2D eigenvalue weighted by Crippen LogP contribution is 2.33. The summed E-state index contributed by atoms with van der Waals surface area (Å²) < 4.78 is 1.97. The van der Waals surface area contributed by atoms with Gasteiger partial charge in [0.1, 0.15) is 11.5 Å². The molecule has 3 aromatic rings. The van der Waals surface area contributed by atoms with Crippen LogP contribution in [0.5, 0.6) is 0 Å². The monoisotopic (exact) mass is 433 g/mol. The molecule has 7 heteroatoms. The first kappa shape index (κ1) is 20.9. The third-order valence-electron chi connectivity index (χ3n) is 7.10. The summed E-state index contributed by atoms with van der Waals surface area (Å²) in [6, 6.07) is 8.42. The van der Waals surface area contributed by atoms with E-state index < -0.39 is 0 Å². The van der Waals surface area contributed by atoms with E-state index in [1.54, 1.807) is 0 Å². The van der Waals surface area contributed by atoms with Crippen LogP contribution in [0.2, 0.25) is 0 Å². The summed E-state index contributed by atoms with van der Waals surface area (Å²) in [5, 5.41) is 1.07. The molecule has 0 saturated carbocycles. The number of aromatic amines is 1. The molecule has 4 heterocycles. The number of H-pyrrole nitrogens is 1. The molecule has 2 aliphatic rings. The van der Waals surface area contributed by atoms with Gasteiger partial charge in [-0.3, -0.25) is 14.5 Å². The van der Waals surface area contributed by atoms with Gasteiger partial charge in [0.2, 0.25) is 0 Å². The van der Waals surface area contributed by atoms with Gasteiger partial charge in [0.15, 0.2) is 0 Å². The third-order valence-corrected chi connectivity index (χ3v) is 7.10. The lowest BCUT2D eigenvalue weighted by Crippen LogP contribution is -2.40. The highest BCUT2D eigenvalue weighted by atomic mass is 16.2. The van der Waals surface area contributed by atoms with E-state index >= 15 is 0 Å². The second-order valence-corrected chi connectivity index (χ2v) is 9.50. The summed E-state index contributed by atoms with van der Waals surface area (Å²) in [4.78, 5) is 38.6. The van der Waals surface area contributed by atoms with E-state index in [4.69, 9.17) is 4.98 Å². The zero-order valence-corrected chi connectivity index (χ0v) is 19.3. The van der Waals surface area contributed by atoms with E-state index in [0.29, 0.717) is 30.6 Å². The number of aryl methyl sites for hydroxylation is 2. The second-order valence-electron chi connectivity index (χ2n) is 9.50. The molecule has 2 aromatic heterocycles. The lowest BCUT2D eigenvalue weighted by atomic mass is 10.0. The highest BCUT2D eigenvalue weighted by molar-refractivity contribution is 5.99. The molecule has 32 heavy (non-hydrogen) atoms. The molecule has 168 valence electrons. The van der Waals surface area contributed by atoms with Gasteiger partial charge in [-0.05, 0) is 58.2 Å². The first-order valence-electron chi connectivity index (χ1n) is 11.6. The minimum absolute atomic E-state index is 0.00645. The Labute approximate surface area is 188 Å². The molecule has 0 spiro atoms. The summed E-state index contributed by atoms with van der Waals surface area (Å²) in [5.74, 6) is 0.618. The number of fused-ring (bicyclic) bond motifs is 2. The Morgan fingerprint density at radius 1 is 1.22 bits per heavy atom. The van der Waals surface area contributed by atoms with E-state index in [0.717, 1.165) is 48.0 Å². The predicted molar refractivity (Wildman–Crippen MR) is 125 cm³/mol. The van der Waals surface area contributed by atoms with Gasteiger partial charge in [-0.15, -0.1) is 0 Å². The van der Waals surface area contributed by atoms with Crippen molar-refractivity contribution in [1.82, 2.24) is 24.3 Å². The Hall–Kier alpha value is -2.93. The lowest BCUT2D eigenvalue weighted by Gasteiger charge is -2.31. The van der Waals surface area contributed by atoms with Crippen LogP contribution in [0.1, 0.15) is 65.9 Å². The average Bonchev–Trinajstić information content (AvgIpc) is 3.37. The highest BCUT2D eigenvalue weighted by Gasteiger charge is 2.35. The van der Waals surface area contributed by atoms with Crippen molar-refractivity contribution in [2.45, 2.75) is 58.7 Å².